The minimum atomic E-state index is -4.28. The third-order valence-corrected chi connectivity index (χ3v) is 1.38. The van der Waals surface area contributed by atoms with E-state index in [2.05, 4.69) is 5.92 Å². The van der Waals surface area contributed by atoms with Crippen LogP contribution in [0.1, 0.15) is 11.1 Å². The molecule has 0 aliphatic rings. The highest BCUT2D eigenvalue weighted by Gasteiger charge is 2.29. The molecule has 0 saturated heterocycles. The lowest BCUT2D eigenvalue weighted by atomic mass is 10.1. The van der Waals surface area contributed by atoms with Crippen molar-refractivity contribution in [2.75, 3.05) is 0 Å². The van der Waals surface area contributed by atoms with Gasteiger partial charge in [-0.15, -0.1) is 23.4 Å². The molecular formula is C9H6BrF3. The van der Waals surface area contributed by atoms with E-state index >= 15 is 0 Å². The third kappa shape index (κ3) is 3.11. The maximum absolute atomic E-state index is 12.0. The van der Waals surface area contributed by atoms with Crippen molar-refractivity contribution >= 4 is 17.0 Å². The van der Waals surface area contributed by atoms with Gasteiger partial charge >= 0.3 is 6.18 Å². The third-order valence-electron chi connectivity index (χ3n) is 1.38. The van der Waals surface area contributed by atoms with Crippen molar-refractivity contribution in [1.29, 1.82) is 0 Å². The lowest BCUT2D eigenvalue weighted by Crippen LogP contribution is -2.03. The molecule has 0 bridgehead atoms. The van der Waals surface area contributed by atoms with Crippen molar-refractivity contribution in [2.24, 2.45) is 0 Å². The maximum atomic E-state index is 12.0. The van der Waals surface area contributed by atoms with Crippen LogP contribution < -0.4 is 0 Å². The Labute approximate surface area is 84.5 Å². The molecule has 0 saturated carbocycles. The first-order chi connectivity index (χ1) is 5.54. The van der Waals surface area contributed by atoms with Crippen molar-refractivity contribution < 1.29 is 13.2 Å². The smallest absolute Gasteiger partial charge is 0.166 e. The minimum absolute atomic E-state index is 0. The molecule has 0 heterocycles. The number of alkyl halides is 3. The van der Waals surface area contributed by atoms with Crippen molar-refractivity contribution in [2.45, 2.75) is 6.18 Å². The van der Waals surface area contributed by atoms with Crippen molar-refractivity contribution in [3.8, 4) is 12.3 Å². The molecule has 0 fully saturated rings. The van der Waals surface area contributed by atoms with Crippen LogP contribution in [-0.2, 0) is 6.18 Å². The van der Waals surface area contributed by atoms with Crippen LogP contribution in [0.5, 0.6) is 0 Å². The maximum Gasteiger partial charge on any atom is 0.416 e. The lowest BCUT2D eigenvalue weighted by Gasteiger charge is -2.05. The fourth-order valence-electron chi connectivity index (χ4n) is 0.755. The number of hydrogen-bond acceptors (Lipinski definition) is 0. The first-order valence-corrected chi connectivity index (χ1v) is 3.18. The van der Waals surface area contributed by atoms with Crippen molar-refractivity contribution in [3.05, 3.63) is 35.4 Å². The molecule has 0 aliphatic carbocycles. The Hall–Kier alpha value is -0.950. The second kappa shape index (κ2) is 4.33. The van der Waals surface area contributed by atoms with E-state index in [1.54, 1.807) is 0 Å². The number of rotatable bonds is 0. The first-order valence-electron chi connectivity index (χ1n) is 3.18. The molecule has 0 aromatic heterocycles. The van der Waals surface area contributed by atoms with Crippen LogP contribution in [0.4, 0.5) is 13.2 Å². The molecule has 1 aromatic carbocycles. The Morgan fingerprint density at radius 2 is 1.54 bits per heavy atom. The second-order valence-corrected chi connectivity index (χ2v) is 2.22. The summed E-state index contributed by atoms with van der Waals surface area (Å²) in [7, 11) is 0. The van der Waals surface area contributed by atoms with E-state index in [0.717, 1.165) is 12.1 Å². The van der Waals surface area contributed by atoms with Gasteiger partial charge in [-0.25, -0.2) is 0 Å². The second-order valence-electron chi connectivity index (χ2n) is 2.22. The molecule has 0 unspecified atom stereocenters. The number of terminal acetylenes is 1. The Morgan fingerprint density at radius 1 is 1.08 bits per heavy atom. The van der Waals surface area contributed by atoms with Gasteiger partial charge in [0.2, 0.25) is 0 Å². The molecule has 0 N–H and O–H groups in total. The Balaban J connectivity index is 0.00000144. The molecule has 0 amide bonds. The van der Waals surface area contributed by atoms with Crippen molar-refractivity contribution in [1.82, 2.24) is 0 Å². The van der Waals surface area contributed by atoms with E-state index in [9.17, 15) is 13.2 Å². The van der Waals surface area contributed by atoms with Crippen LogP contribution in [0.25, 0.3) is 0 Å². The average Bonchev–Trinajstić information content (AvgIpc) is 2.03. The molecule has 4 heteroatoms. The summed E-state index contributed by atoms with van der Waals surface area (Å²) < 4.78 is 35.9. The molecule has 0 atom stereocenters. The fraction of sp³-hybridized carbons (Fsp3) is 0.111. The zero-order valence-corrected chi connectivity index (χ0v) is 8.14. The Kier molecular flexibility index (Phi) is 4.02. The van der Waals surface area contributed by atoms with Gasteiger partial charge in [-0.1, -0.05) is 5.92 Å². The summed E-state index contributed by atoms with van der Waals surface area (Å²) in [5.41, 5.74) is -0.232. The van der Waals surface area contributed by atoms with Gasteiger partial charge in [-0.3, -0.25) is 0 Å². The summed E-state index contributed by atoms with van der Waals surface area (Å²) in [5.74, 6) is 2.24. The number of halogens is 4. The van der Waals surface area contributed by atoms with E-state index in [1.807, 2.05) is 0 Å². The molecule has 13 heavy (non-hydrogen) atoms. The summed E-state index contributed by atoms with van der Waals surface area (Å²) >= 11 is 0. The molecule has 0 aliphatic heterocycles. The van der Waals surface area contributed by atoms with Gasteiger partial charge in [0.15, 0.2) is 0 Å². The van der Waals surface area contributed by atoms with Gasteiger partial charge in [0.25, 0.3) is 0 Å². The van der Waals surface area contributed by atoms with Crippen molar-refractivity contribution in [3.63, 3.8) is 0 Å². The largest absolute Gasteiger partial charge is 0.416 e. The molecule has 70 valence electrons. The standard InChI is InChI=1S/C9H5F3.BrH/c1-2-7-3-5-8(6-4-7)9(10,11)12;/h1,3-6H;1H. The zero-order valence-electron chi connectivity index (χ0n) is 6.43. The average molecular weight is 251 g/mol. The normalized spacial score (nSPS) is 10.0. The van der Waals surface area contributed by atoms with Crippen LogP contribution >= 0.6 is 17.0 Å². The Bertz CT molecular complexity index is 305. The molecular weight excluding hydrogens is 245 g/mol. The molecule has 0 nitrogen and oxygen atoms in total. The highest BCUT2D eigenvalue weighted by molar-refractivity contribution is 8.93. The van der Waals surface area contributed by atoms with Gasteiger partial charge in [-0.2, -0.15) is 13.2 Å². The summed E-state index contributed by atoms with van der Waals surface area (Å²) in [4.78, 5) is 0. The van der Waals surface area contributed by atoms with Gasteiger partial charge in [0, 0.05) is 5.56 Å². The number of hydrogen-bond donors (Lipinski definition) is 0. The fourth-order valence-corrected chi connectivity index (χ4v) is 0.755. The van der Waals surface area contributed by atoms with Gasteiger partial charge in [0.05, 0.1) is 5.56 Å². The first kappa shape index (κ1) is 12.0. The van der Waals surface area contributed by atoms with Crippen LogP contribution in [-0.4, -0.2) is 0 Å². The minimum Gasteiger partial charge on any atom is -0.166 e. The topological polar surface area (TPSA) is 0 Å². The molecule has 0 radical (unpaired) electrons. The van der Waals surface area contributed by atoms with Gasteiger partial charge in [-0.05, 0) is 24.3 Å². The zero-order chi connectivity index (χ0) is 9.19. The van der Waals surface area contributed by atoms with Crippen LogP contribution in [0.15, 0.2) is 24.3 Å². The summed E-state index contributed by atoms with van der Waals surface area (Å²) in [6, 6.07) is 4.47. The highest BCUT2D eigenvalue weighted by Crippen LogP contribution is 2.28. The Morgan fingerprint density at radius 3 is 1.85 bits per heavy atom. The van der Waals surface area contributed by atoms with Gasteiger partial charge < -0.3 is 0 Å². The van der Waals surface area contributed by atoms with E-state index in [1.165, 1.54) is 12.1 Å². The predicted octanol–water partition coefficient (Wildman–Crippen LogP) is 3.26. The predicted molar refractivity (Wildman–Crippen MR) is 49.7 cm³/mol. The summed E-state index contributed by atoms with van der Waals surface area (Å²) in [6.45, 7) is 0. The van der Waals surface area contributed by atoms with E-state index in [4.69, 9.17) is 6.42 Å². The SMILES string of the molecule is Br.C#Cc1ccc(C(F)(F)F)cc1. The van der Waals surface area contributed by atoms with Crippen LogP contribution in [0.3, 0.4) is 0 Å². The molecule has 1 aromatic rings. The number of benzene rings is 1. The lowest BCUT2D eigenvalue weighted by molar-refractivity contribution is -0.137. The highest BCUT2D eigenvalue weighted by atomic mass is 79.9. The quantitative estimate of drug-likeness (QED) is 0.621. The summed E-state index contributed by atoms with van der Waals surface area (Å²) in [6.07, 6.45) is 0.693. The van der Waals surface area contributed by atoms with E-state index in [0.29, 0.717) is 5.56 Å². The van der Waals surface area contributed by atoms with E-state index < -0.39 is 11.7 Å². The monoisotopic (exact) mass is 250 g/mol. The summed E-state index contributed by atoms with van der Waals surface area (Å²) in [5, 5.41) is 0. The molecule has 1 rings (SSSR count). The molecule has 0 spiro atoms. The van der Waals surface area contributed by atoms with E-state index in [-0.39, 0.29) is 17.0 Å². The van der Waals surface area contributed by atoms with Crippen LogP contribution in [0, 0.1) is 12.3 Å². The van der Waals surface area contributed by atoms with Crippen LogP contribution in [0.2, 0.25) is 0 Å². The van der Waals surface area contributed by atoms with Gasteiger partial charge in [0.1, 0.15) is 0 Å².